The minimum Gasteiger partial charge on any atom is -0.399 e. The van der Waals surface area contributed by atoms with Gasteiger partial charge in [0.2, 0.25) is 0 Å². The Kier molecular flexibility index (Phi) is 4.74. The first-order chi connectivity index (χ1) is 16.4. The molecule has 1 aliphatic rings. The average molecular weight is 445 g/mol. The fourth-order valence-electron chi connectivity index (χ4n) is 4.92. The van der Waals surface area contributed by atoms with Gasteiger partial charge in [-0.2, -0.15) is 0 Å². The topological polar surface area (TPSA) is 23.4 Å². The Morgan fingerprint density at radius 1 is 0.647 bits per heavy atom. The molecule has 0 saturated carbocycles. The van der Waals surface area contributed by atoms with Crippen LogP contribution in [0.5, 0.6) is 0 Å². The first-order valence-electron chi connectivity index (χ1n) is 11.9. The van der Waals surface area contributed by atoms with Crippen LogP contribution in [-0.4, -0.2) is 22.9 Å². The summed E-state index contributed by atoms with van der Waals surface area (Å²) in [5, 5.41) is 2.48. The predicted molar refractivity (Wildman–Crippen MR) is 142 cm³/mol. The van der Waals surface area contributed by atoms with Gasteiger partial charge in [0.15, 0.2) is 0 Å². The first kappa shape index (κ1) is 21.2. The Morgan fingerprint density at radius 2 is 1.29 bits per heavy atom. The molecule has 0 radical (unpaired) electrons. The third-order valence-electron chi connectivity index (χ3n) is 7.44. The molecule has 168 valence electrons. The Hall–Kier alpha value is -3.34. The van der Waals surface area contributed by atoms with Crippen molar-refractivity contribution in [2.24, 2.45) is 0 Å². The molecule has 1 aromatic heterocycles. The minimum absolute atomic E-state index is 0.376. The summed E-state index contributed by atoms with van der Waals surface area (Å²) in [6, 6.07) is 34.4. The Bertz CT molecular complexity index is 1490. The molecule has 6 rings (SSSR count). The van der Waals surface area contributed by atoms with Gasteiger partial charge in [-0.15, -0.1) is 0 Å². The fraction of sp³-hybridized carbons (Fsp3) is 0.200. The molecule has 0 amide bonds. The number of hydrogen-bond donors (Lipinski definition) is 0. The van der Waals surface area contributed by atoms with Gasteiger partial charge in [-0.05, 0) is 68.6 Å². The third kappa shape index (κ3) is 3.21. The summed E-state index contributed by atoms with van der Waals surface area (Å²) in [6.07, 6.45) is 0. The lowest BCUT2D eigenvalue weighted by Crippen LogP contribution is -2.41. The Labute approximate surface area is 201 Å². The molecule has 5 aromatic rings. The van der Waals surface area contributed by atoms with Crippen molar-refractivity contribution < 1.29 is 9.31 Å². The van der Waals surface area contributed by atoms with E-state index in [2.05, 4.69) is 129 Å². The van der Waals surface area contributed by atoms with E-state index < -0.39 is 7.12 Å². The van der Waals surface area contributed by atoms with Crippen LogP contribution in [0.1, 0.15) is 27.7 Å². The zero-order valence-corrected chi connectivity index (χ0v) is 20.1. The van der Waals surface area contributed by atoms with Crippen molar-refractivity contribution >= 4 is 34.4 Å². The summed E-state index contributed by atoms with van der Waals surface area (Å²) in [5.74, 6) is 0. The van der Waals surface area contributed by atoms with E-state index in [-0.39, 0.29) is 11.2 Å². The van der Waals surface area contributed by atoms with Crippen molar-refractivity contribution in [3.8, 4) is 16.8 Å². The van der Waals surface area contributed by atoms with E-state index in [1.165, 1.54) is 27.4 Å². The van der Waals surface area contributed by atoms with E-state index in [4.69, 9.17) is 9.31 Å². The van der Waals surface area contributed by atoms with Crippen molar-refractivity contribution in [3.05, 3.63) is 97.1 Å². The van der Waals surface area contributed by atoms with Crippen LogP contribution in [-0.2, 0) is 9.31 Å². The van der Waals surface area contributed by atoms with Crippen LogP contribution >= 0.6 is 0 Å². The smallest absolute Gasteiger partial charge is 0.399 e. The maximum Gasteiger partial charge on any atom is 0.494 e. The lowest BCUT2D eigenvalue weighted by molar-refractivity contribution is 0.00578. The van der Waals surface area contributed by atoms with E-state index in [9.17, 15) is 0 Å². The highest BCUT2D eigenvalue weighted by Gasteiger charge is 2.51. The molecule has 0 N–H and O–H groups in total. The van der Waals surface area contributed by atoms with Crippen molar-refractivity contribution in [2.75, 3.05) is 0 Å². The lowest BCUT2D eigenvalue weighted by atomic mass is 9.78. The van der Waals surface area contributed by atoms with Crippen molar-refractivity contribution in [3.63, 3.8) is 0 Å². The number of rotatable bonds is 3. The predicted octanol–water partition coefficient (Wildman–Crippen LogP) is 6.75. The van der Waals surface area contributed by atoms with E-state index in [0.29, 0.717) is 0 Å². The molecular formula is C30H28BNO2. The average Bonchev–Trinajstić information content (AvgIpc) is 3.29. The summed E-state index contributed by atoms with van der Waals surface area (Å²) >= 11 is 0. The van der Waals surface area contributed by atoms with Gasteiger partial charge in [0.05, 0.1) is 22.2 Å². The molecule has 4 aromatic carbocycles. The molecule has 0 spiro atoms. The molecule has 0 aliphatic carbocycles. The lowest BCUT2D eigenvalue weighted by Gasteiger charge is -2.32. The minimum atomic E-state index is -0.398. The second-order valence-corrected chi connectivity index (χ2v) is 10.1. The Balaban J connectivity index is 1.63. The van der Waals surface area contributed by atoms with Gasteiger partial charge in [0, 0.05) is 16.5 Å². The molecule has 2 heterocycles. The van der Waals surface area contributed by atoms with Crippen molar-refractivity contribution in [2.45, 2.75) is 38.9 Å². The molecule has 0 bridgehead atoms. The van der Waals surface area contributed by atoms with Crippen LogP contribution in [0.15, 0.2) is 97.1 Å². The third-order valence-corrected chi connectivity index (χ3v) is 7.44. The number of nitrogens with zero attached hydrogens (tertiary/aromatic N) is 1. The summed E-state index contributed by atoms with van der Waals surface area (Å²) < 4.78 is 15.1. The summed E-state index contributed by atoms with van der Waals surface area (Å²) in [7, 11) is -0.398. The molecule has 4 heteroatoms. The van der Waals surface area contributed by atoms with Crippen LogP contribution in [0.2, 0.25) is 0 Å². The van der Waals surface area contributed by atoms with Gasteiger partial charge in [-0.3, -0.25) is 0 Å². The van der Waals surface area contributed by atoms with Crippen LogP contribution in [0.3, 0.4) is 0 Å². The largest absolute Gasteiger partial charge is 0.494 e. The highest BCUT2D eigenvalue weighted by atomic mass is 16.7. The van der Waals surface area contributed by atoms with Gasteiger partial charge in [-0.25, -0.2) is 0 Å². The summed E-state index contributed by atoms with van der Waals surface area (Å²) in [4.78, 5) is 0. The second kappa shape index (κ2) is 7.59. The van der Waals surface area contributed by atoms with Crippen molar-refractivity contribution in [1.29, 1.82) is 0 Å². The van der Waals surface area contributed by atoms with Gasteiger partial charge in [0.1, 0.15) is 0 Å². The van der Waals surface area contributed by atoms with Gasteiger partial charge in [0.25, 0.3) is 0 Å². The summed E-state index contributed by atoms with van der Waals surface area (Å²) in [5.41, 5.74) is 6.21. The van der Waals surface area contributed by atoms with Gasteiger partial charge < -0.3 is 13.9 Å². The quantitative estimate of drug-likeness (QED) is 0.287. The van der Waals surface area contributed by atoms with Crippen LogP contribution < -0.4 is 5.46 Å². The number of aromatic nitrogens is 1. The SMILES string of the molecule is CC1(C)OB(c2ccc3c4c(-c5ccccc5)cccc4n(-c4ccccc4)c3c2)OC1(C)C. The molecule has 1 aliphatic heterocycles. The standard InChI is InChI=1S/C30H28BNO2/c1-29(2)30(3,4)34-31(33-29)22-18-19-25-27(20-22)32(23-14-9-6-10-15-23)26-17-11-16-24(28(25)26)21-12-7-5-8-13-21/h5-20H,1-4H3. The number of para-hydroxylation sites is 1. The van der Waals surface area contributed by atoms with Gasteiger partial charge >= 0.3 is 7.12 Å². The second-order valence-electron chi connectivity index (χ2n) is 10.1. The van der Waals surface area contributed by atoms with E-state index in [1.807, 2.05) is 0 Å². The summed E-state index contributed by atoms with van der Waals surface area (Å²) in [6.45, 7) is 8.38. The molecule has 1 saturated heterocycles. The normalized spacial score (nSPS) is 17.0. The molecular weight excluding hydrogens is 417 g/mol. The fourth-order valence-corrected chi connectivity index (χ4v) is 4.92. The van der Waals surface area contributed by atoms with E-state index in [1.54, 1.807) is 0 Å². The van der Waals surface area contributed by atoms with Crippen LogP contribution in [0, 0.1) is 0 Å². The molecule has 1 fully saturated rings. The maximum atomic E-state index is 6.38. The number of benzene rings is 4. The van der Waals surface area contributed by atoms with Crippen molar-refractivity contribution in [1.82, 2.24) is 4.57 Å². The molecule has 0 unspecified atom stereocenters. The molecule has 3 nitrogen and oxygen atoms in total. The van der Waals surface area contributed by atoms with Crippen LogP contribution in [0.4, 0.5) is 0 Å². The highest BCUT2D eigenvalue weighted by molar-refractivity contribution is 6.62. The highest BCUT2D eigenvalue weighted by Crippen LogP contribution is 2.39. The molecule has 0 atom stereocenters. The monoisotopic (exact) mass is 445 g/mol. The van der Waals surface area contributed by atoms with E-state index in [0.717, 1.165) is 16.7 Å². The Morgan fingerprint density at radius 3 is 1.97 bits per heavy atom. The van der Waals surface area contributed by atoms with Gasteiger partial charge in [-0.1, -0.05) is 72.8 Å². The van der Waals surface area contributed by atoms with E-state index >= 15 is 0 Å². The molecule has 34 heavy (non-hydrogen) atoms. The van der Waals surface area contributed by atoms with Crippen LogP contribution in [0.25, 0.3) is 38.6 Å². The zero-order valence-electron chi connectivity index (χ0n) is 20.1. The maximum absolute atomic E-state index is 6.38. The zero-order chi connectivity index (χ0) is 23.5. The first-order valence-corrected chi connectivity index (χ1v) is 11.9. The number of hydrogen-bond acceptors (Lipinski definition) is 2. The number of fused-ring (bicyclic) bond motifs is 3.